The molecular formula is C15H11ClINO3. The number of carbonyl (C=O) groups is 2. The first kappa shape index (κ1) is 15.8. The van der Waals surface area contributed by atoms with Crippen LogP contribution >= 0.6 is 34.2 Å². The smallest absolute Gasteiger partial charge is 0.340 e. The first-order valence-corrected chi connectivity index (χ1v) is 7.49. The van der Waals surface area contributed by atoms with Gasteiger partial charge in [-0.15, -0.1) is 0 Å². The first-order chi connectivity index (χ1) is 10.1. The highest BCUT2D eigenvalue weighted by Gasteiger charge is 2.13. The Labute approximate surface area is 140 Å². The minimum atomic E-state index is -0.626. The molecule has 0 spiro atoms. The highest BCUT2D eigenvalue weighted by Crippen LogP contribution is 2.17. The quantitative estimate of drug-likeness (QED) is 0.611. The third kappa shape index (κ3) is 4.44. The molecule has 2 aromatic carbocycles. The number of carbonyl (C=O) groups excluding carboxylic acids is 2. The Kier molecular flexibility index (Phi) is 5.58. The predicted octanol–water partition coefficient (Wildman–Crippen LogP) is 3.74. The number of benzene rings is 2. The molecule has 2 aromatic rings. The van der Waals surface area contributed by atoms with Crippen molar-refractivity contribution in [1.82, 2.24) is 0 Å². The maximum Gasteiger partial charge on any atom is 0.340 e. The SMILES string of the molecule is O=C(COC(=O)c1ccccc1Cl)Nc1ccccc1I. The third-order valence-electron chi connectivity index (χ3n) is 2.58. The largest absolute Gasteiger partial charge is 0.452 e. The normalized spacial score (nSPS) is 10.0. The molecule has 0 saturated heterocycles. The number of rotatable bonds is 4. The number of amides is 1. The van der Waals surface area contributed by atoms with Gasteiger partial charge in [-0.3, -0.25) is 4.79 Å². The summed E-state index contributed by atoms with van der Waals surface area (Å²) in [5, 5.41) is 2.97. The van der Waals surface area contributed by atoms with E-state index in [2.05, 4.69) is 27.9 Å². The molecule has 0 aliphatic rings. The number of ether oxygens (including phenoxy) is 1. The highest BCUT2D eigenvalue weighted by atomic mass is 127. The summed E-state index contributed by atoms with van der Waals surface area (Å²) in [7, 11) is 0. The van der Waals surface area contributed by atoms with Gasteiger partial charge in [0.05, 0.1) is 16.3 Å². The van der Waals surface area contributed by atoms with Gasteiger partial charge in [-0.25, -0.2) is 4.79 Å². The highest BCUT2D eigenvalue weighted by molar-refractivity contribution is 14.1. The van der Waals surface area contributed by atoms with Gasteiger partial charge in [0.1, 0.15) is 0 Å². The molecule has 0 aliphatic heterocycles. The van der Waals surface area contributed by atoms with Crippen molar-refractivity contribution < 1.29 is 14.3 Å². The van der Waals surface area contributed by atoms with Crippen LogP contribution in [0.1, 0.15) is 10.4 Å². The molecule has 1 amide bonds. The summed E-state index contributed by atoms with van der Waals surface area (Å²) in [5.74, 6) is -1.03. The van der Waals surface area contributed by atoms with E-state index in [9.17, 15) is 9.59 Å². The second kappa shape index (κ2) is 7.42. The van der Waals surface area contributed by atoms with Crippen molar-refractivity contribution >= 4 is 51.8 Å². The molecule has 6 heteroatoms. The molecule has 21 heavy (non-hydrogen) atoms. The number of hydrogen-bond acceptors (Lipinski definition) is 3. The molecule has 0 radical (unpaired) electrons. The van der Waals surface area contributed by atoms with Gasteiger partial charge in [0.25, 0.3) is 5.91 Å². The van der Waals surface area contributed by atoms with Gasteiger partial charge in [0.2, 0.25) is 0 Å². The summed E-state index contributed by atoms with van der Waals surface area (Å²) in [6.07, 6.45) is 0. The van der Waals surface area contributed by atoms with Crippen molar-refractivity contribution in [3.63, 3.8) is 0 Å². The van der Waals surface area contributed by atoms with E-state index in [-0.39, 0.29) is 12.2 Å². The van der Waals surface area contributed by atoms with Crippen LogP contribution in [0.3, 0.4) is 0 Å². The second-order valence-electron chi connectivity index (χ2n) is 4.08. The fourth-order valence-corrected chi connectivity index (χ4v) is 2.32. The van der Waals surface area contributed by atoms with E-state index < -0.39 is 11.9 Å². The van der Waals surface area contributed by atoms with Gasteiger partial charge in [-0.05, 0) is 46.9 Å². The van der Waals surface area contributed by atoms with Crippen LogP contribution in [-0.2, 0) is 9.53 Å². The lowest BCUT2D eigenvalue weighted by Gasteiger charge is -2.08. The third-order valence-corrected chi connectivity index (χ3v) is 3.85. The van der Waals surface area contributed by atoms with Crippen LogP contribution in [0.15, 0.2) is 48.5 Å². The number of esters is 1. The average molecular weight is 416 g/mol. The Balaban J connectivity index is 1.91. The van der Waals surface area contributed by atoms with Crippen molar-refractivity contribution in [3.8, 4) is 0 Å². The van der Waals surface area contributed by atoms with Gasteiger partial charge in [0.15, 0.2) is 6.61 Å². The number of anilines is 1. The Morgan fingerprint density at radius 1 is 1.10 bits per heavy atom. The minimum absolute atomic E-state index is 0.237. The van der Waals surface area contributed by atoms with Crippen molar-refractivity contribution in [1.29, 1.82) is 0 Å². The number of para-hydroxylation sites is 1. The van der Waals surface area contributed by atoms with Gasteiger partial charge >= 0.3 is 5.97 Å². The van der Waals surface area contributed by atoms with Crippen LogP contribution in [0.25, 0.3) is 0 Å². The summed E-state index contributed by atoms with van der Waals surface area (Å²) >= 11 is 7.99. The van der Waals surface area contributed by atoms with Crippen molar-refractivity contribution in [2.75, 3.05) is 11.9 Å². The van der Waals surface area contributed by atoms with E-state index in [1.165, 1.54) is 0 Å². The first-order valence-electron chi connectivity index (χ1n) is 6.04. The monoisotopic (exact) mass is 415 g/mol. The fraction of sp³-hybridized carbons (Fsp3) is 0.0667. The van der Waals surface area contributed by atoms with Crippen LogP contribution in [0, 0.1) is 3.57 Å². The zero-order valence-corrected chi connectivity index (χ0v) is 13.7. The topological polar surface area (TPSA) is 55.4 Å². The lowest BCUT2D eigenvalue weighted by atomic mass is 10.2. The maximum atomic E-state index is 11.8. The van der Waals surface area contributed by atoms with Crippen molar-refractivity contribution in [2.45, 2.75) is 0 Å². The number of nitrogens with one attached hydrogen (secondary N) is 1. The van der Waals surface area contributed by atoms with Crippen LogP contribution in [-0.4, -0.2) is 18.5 Å². The molecule has 4 nitrogen and oxygen atoms in total. The average Bonchev–Trinajstić information content (AvgIpc) is 2.48. The van der Waals surface area contributed by atoms with E-state index in [1.807, 2.05) is 18.2 Å². The molecule has 0 heterocycles. The molecule has 0 unspecified atom stereocenters. The Morgan fingerprint density at radius 2 is 1.76 bits per heavy atom. The lowest BCUT2D eigenvalue weighted by Crippen LogP contribution is -2.21. The molecule has 108 valence electrons. The minimum Gasteiger partial charge on any atom is -0.452 e. The molecule has 0 bridgehead atoms. The van der Waals surface area contributed by atoms with E-state index >= 15 is 0 Å². The van der Waals surface area contributed by atoms with Crippen molar-refractivity contribution in [2.24, 2.45) is 0 Å². The predicted molar refractivity (Wildman–Crippen MR) is 89.5 cm³/mol. The number of hydrogen-bond donors (Lipinski definition) is 1. The Bertz CT molecular complexity index is 675. The molecule has 0 aromatic heterocycles. The van der Waals surface area contributed by atoms with E-state index in [0.29, 0.717) is 10.7 Å². The molecular weight excluding hydrogens is 405 g/mol. The number of halogens is 2. The van der Waals surface area contributed by atoms with Crippen molar-refractivity contribution in [3.05, 3.63) is 62.7 Å². The lowest BCUT2D eigenvalue weighted by molar-refractivity contribution is -0.119. The van der Waals surface area contributed by atoms with Gasteiger partial charge in [0, 0.05) is 3.57 Å². The van der Waals surface area contributed by atoms with Crippen LogP contribution in [0.5, 0.6) is 0 Å². The van der Waals surface area contributed by atoms with Crippen LogP contribution in [0.2, 0.25) is 5.02 Å². The van der Waals surface area contributed by atoms with Gasteiger partial charge in [-0.2, -0.15) is 0 Å². The molecule has 0 aliphatic carbocycles. The summed E-state index contributed by atoms with van der Waals surface area (Å²) in [6.45, 7) is -0.366. The summed E-state index contributed by atoms with van der Waals surface area (Å²) < 4.78 is 5.85. The van der Waals surface area contributed by atoms with Crippen LogP contribution < -0.4 is 5.32 Å². The van der Waals surface area contributed by atoms with Gasteiger partial charge < -0.3 is 10.1 Å². The zero-order chi connectivity index (χ0) is 15.2. The van der Waals surface area contributed by atoms with E-state index in [4.69, 9.17) is 16.3 Å². The summed E-state index contributed by atoms with van der Waals surface area (Å²) in [4.78, 5) is 23.6. The Morgan fingerprint density at radius 3 is 2.48 bits per heavy atom. The standard InChI is InChI=1S/C15H11ClINO3/c16-11-6-2-1-5-10(11)15(20)21-9-14(19)18-13-8-4-3-7-12(13)17/h1-8H,9H2,(H,18,19). The Hall–Kier alpha value is -1.60. The molecule has 0 saturated carbocycles. The van der Waals surface area contributed by atoms with Gasteiger partial charge in [-0.1, -0.05) is 35.9 Å². The van der Waals surface area contributed by atoms with Crippen LogP contribution in [0.4, 0.5) is 5.69 Å². The fourth-order valence-electron chi connectivity index (χ4n) is 1.58. The summed E-state index contributed by atoms with van der Waals surface area (Å²) in [5.41, 5.74) is 0.915. The van der Waals surface area contributed by atoms with E-state index in [0.717, 1.165) is 3.57 Å². The second-order valence-corrected chi connectivity index (χ2v) is 5.65. The molecule has 2 rings (SSSR count). The summed E-state index contributed by atoms with van der Waals surface area (Å²) in [6, 6.07) is 13.8. The van der Waals surface area contributed by atoms with E-state index in [1.54, 1.807) is 30.3 Å². The molecule has 1 N–H and O–H groups in total. The zero-order valence-electron chi connectivity index (χ0n) is 10.8. The maximum absolute atomic E-state index is 11.8. The molecule has 0 fully saturated rings. The molecule has 0 atom stereocenters.